The van der Waals surface area contributed by atoms with E-state index in [2.05, 4.69) is 0 Å². The first-order valence-corrected chi connectivity index (χ1v) is 7.45. The molecular weight excluding hydrogens is 264 g/mol. The maximum atomic E-state index is 11.0. The molecule has 1 N–H and O–H groups in total. The molecule has 2 saturated carbocycles. The monoisotopic (exact) mass is 282 g/mol. The van der Waals surface area contributed by atoms with Gasteiger partial charge in [0, 0.05) is 0 Å². The van der Waals surface area contributed by atoms with Crippen molar-refractivity contribution in [2.45, 2.75) is 43.3 Å². The molecule has 1 unspecified atom stereocenters. The van der Waals surface area contributed by atoms with Gasteiger partial charge in [-0.05, 0) is 25.7 Å². The predicted octanol–water partition coefficient (Wildman–Crippen LogP) is 0.506. The third-order valence-electron chi connectivity index (χ3n) is 2.58. The molecule has 18 heavy (non-hydrogen) atoms. The second kappa shape index (κ2) is 6.27. The summed E-state index contributed by atoms with van der Waals surface area (Å²) in [5, 5.41) is 0. The third-order valence-corrected chi connectivity index (χ3v) is 3.52. The van der Waals surface area contributed by atoms with Gasteiger partial charge in [-0.2, -0.15) is 8.42 Å². The quantitative estimate of drug-likeness (QED) is 0.354. The van der Waals surface area contributed by atoms with Crippen molar-refractivity contribution < 1.29 is 31.9 Å². The van der Waals surface area contributed by atoms with E-state index < -0.39 is 15.6 Å². The summed E-state index contributed by atoms with van der Waals surface area (Å²) in [6.07, 6.45) is 4.34. The molecule has 7 nitrogen and oxygen atoms in total. The Morgan fingerprint density at radius 1 is 1.06 bits per heavy atom. The van der Waals surface area contributed by atoms with Crippen LogP contribution in [-0.2, 0) is 29.1 Å². The van der Waals surface area contributed by atoms with Gasteiger partial charge in [-0.25, -0.2) is 0 Å². The number of hydrogen-bond acceptors (Lipinski definition) is 6. The van der Waals surface area contributed by atoms with Crippen LogP contribution < -0.4 is 0 Å². The lowest BCUT2D eigenvalue weighted by Crippen LogP contribution is -2.30. The van der Waals surface area contributed by atoms with Crippen molar-refractivity contribution in [1.29, 1.82) is 0 Å². The Hall–Kier alpha value is -0.250. The molecule has 0 saturated heterocycles. The summed E-state index contributed by atoms with van der Waals surface area (Å²) in [5.74, 6) is 0. The summed E-state index contributed by atoms with van der Waals surface area (Å²) >= 11 is 0. The Balaban J connectivity index is 1.62. The Morgan fingerprint density at radius 2 is 1.61 bits per heavy atom. The Kier molecular flexibility index (Phi) is 4.93. The zero-order chi connectivity index (χ0) is 13.0. The number of ether oxygens (including phenoxy) is 4. The molecule has 2 rings (SSSR count). The van der Waals surface area contributed by atoms with E-state index in [0.29, 0.717) is 0 Å². The smallest absolute Gasteiger partial charge is 0.294 e. The maximum Gasteiger partial charge on any atom is 0.294 e. The van der Waals surface area contributed by atoms with Gasteiger partial charge < -0.3 is 18.9 Å². The fourth-order valence-electron chi connectivity index (χ4n) is 1.19. The molecule has 106 valence electrons. The minimum Gasteiger partial charge on any atom is -0.352 e. The molecule has 0 radical (unpaired) electrons. The van der Waals surface area contributed by atoms with Crippen LogP contribution in [0.5, 0.6) is 0 Å². The van der Waals surface area contributed by atoms with Gasteiger partial charge >= 0.3 is 0 Å². The Bertz CT molecular complexity index is 347. The Morgan fingerprint density at radius 3 is 2.11 bits per heavy atom. The van der Waals surface area contributed by atoms with Gasteiger partial charge in [0.05, 0.1) is 18.8 Å². The Labute approximate surface area is 106 Å². The fraction of sp³-hybridized carbons (Fsp3) is 1.00. The lowest BCUT2D eigenvalue weighted by molar-refractivity contribution is -0.118. The molecule has 2 aliphatic rings. The van der Waals surface area contributed by atoms with Crippen molar-refractivity contribution >= 4 is 10.1 Å². The summed E-state index contributed by atoms with van der Waals surface area (Å²) in [4.78, 5) is 0. The van der Waals surface area contributed by atoms with Crippen molar-refractivity contribution in [1.82, 2.24) is 0 Å². The normalized spacial score (nSPS) is 22.1. The minimum absolute atomic E-state index is 0.00350. The second-order valence-corrected chi connectivity index (χ2v) is 6.01. The van der Waals surface area contributed by atoms with Crippen LogP contribution in [0.3, 0.4) is 0 Å². The van der Waals surface area contributed by atoms with E-state index in [0.717, 1.165) is 25.7 Å². The van der Waals surface area contributed by atoms with Crippen molar-refractivity contribution in [3.8, 4) is 0 Å². The first-order valence-electron chi connectivity index (χ1n) is 5.94. The second-order valence-electron chi connectivity index (χ2n) is 4.45. The van der Waals surface area contributed by atoms with Crippen molar-refractivity contribution in [2.75, 3.05) is 20.2 Å². The van der Waals surface area contributed by atoms with Crippen molar-refractivity contribution in [3.63, 3.8) is 0 Å². The molecule has 0 aromatic carbocycles. The molecule has 0 spiro atoms. The van der Waals surface area contributed by atoms with Gasteiger partial charge in [0.15, 0.2) is 0 Å². The SMILES string of the molecule is O=S(=O)(O)C(COCOC1CC1)OCOC1CC1. The minimum atomic E-state index is -4.31. The van der Waals surface area contributed by atoms with Crippen molar-refractivity contribution in [2.24, 2.45) is 0 Å². The number of hydrogen-bond donors (Lipinski definition) is 1. The van der Waals surface area contributed by atoms with E-state index in [9.17, 15) is 8.42 Å². The lowest BCUT2D eigenvalue weighted by Gasteiger charge is -2.15. The summed E-state index contributed by atoms with van der Waals surface area (Å²) in [6.45, 7) is -0.439. The van der Waals surface area contributed by atoms with Gasteiger partial charge in [0.25, 0.3) is 10.1 Å². The van der Waals surface area contributed by atoms with Crippen LogP contribution in [0.4, 0.5) is 0 Å². The van der Waals surface area contributed by atoms with Crippen molar-refractivity contribution in [3.05, 3.63) is 0 Å². The first-order chi connectivity index (χ1) is 8.55. The van der Waals surface area contributed by atoms with Gasteiger partial charge in [-0.15, -0.1) is 0 Å². The molecule has 1 atom stereocenters. The molecule has 0 heterocycles. The van der Waals surface area contributed by atoms with E-state index >= 15 is 0 Å². The molecule has 0 aliphatic heterocycles. The predicted molar refractivity (Wildman–Crippen MR) is 60.3 cm³/mol. The topological polar surface area (TPSA) is 91.3 Å². The highest BCUT2D eigenvalue weighted by molar-refractivity contribution is 7.86. The average Bonchev–Trinajstić information content (AvgIpc) is 3.12. The average molecular weight is 282 g/mol. The van der Waals surface area contributed by atoms with Crippen LogP contribution in [0.2, 0.25) is 0 Å². The fourth-order valence-corrected chi connectivity index (χ4v) is 1.69. The largest absolute Gasteiger partial charge is 0.352 e. The van der Waals surface area contributed by atoms with Gasteiger partial charge in [-0.1, -0.05) is 0 Å². The van der Waals surface area contributed by atoms with Crippen LogP contribution in [0.15, 0.2) is 0 Å². The van der Waals surface area contributed by atoms with Gasteiger partial charge in [0.2, 0.25) is 5.44 Å². The molecule has 0 aromatic heterocycles. The van der Waals surface area contributed by atoms with Gasteiger partial charge in [0.1, 0.15) is 13.6 Å². The van der Waals surface area contributed by atoms with E-state index in [1.54, 1.807) is 0 Å². The zero-order valence-corrected chi connectivity index (χ0v) is 10.8. The first kappa shape index (κ1) is 14.2. The molecule has 0 amide bonds. The van der Waals surface area contributed by atoms with Crippen LogP contribution in [-0.4, -0.2) is 50.8 Å². The highest BCUT2D eigenvalue weighted by Crippen LogP contribution is 2.24. The van der Waals surface area contributed by atoms with E-state index in [1.165, 1.54) is 0 Å². The molecule has 2 fully saturated rings. The zero-order valence-electron chi connectivity index (χ0n) is 9.99. The maximum absolute atomic E-state index is 11.0. The highest BCUT2D eigenvalue weighted by Gasteiger charge is 2.27. The van der Waals surface area contributed by atoms with Crippen LogP contribution in [0.1, 0.15) is 25.7 Å². The molecule has 0 aromatic rings. The van der Waals surface area contributed by atoms with E-state index in [4.69, 9.17) is 23.5 Å². The highest BCUT2D eigenvalue weighted by atomic mass is 32.2. The molecule has 2 aliphatic carbocycles. The molecular formula is C10H18O7S. The summed E-state index contributed by atoms with van der Waals surface area (Å²) < 4.78 is 51.3. The standard InChI is InChI=1S/C10H18O7S/c11-18(12,13)10(17-7-16-9-3-4-9)5-14-6-15-8-1-2-8/h8-10H,1-7H2,(H,11,12,13). The summed E-state index contributed by atoms with van der Waals surface area (Å²) in [7, 11) is -4.31. The molecule has 8 heteroatoms. The molecule has 0 bridgehead atoms. The van der Waals surface area contributed by atoms with E-state index in [-0.39, 0.29) is 32.4 Å². The van der Waals surface area contributed by atoms with Crippen LogP contribution >= 0.6 is 0 Å². The summed E-state index contributed by atoms with van der Waals surface area (Å²) in [6, 6.07) is 0. The van der Waals surface area contributed by atoms with Crippen LogP contribution in [0.25, 0.3) is 0 Å². The van der Waals surface area contributed by atoms with Crippen LogP contribution in [0, 0.1) is 0 Å². The number of rotatable bonds is 10. The summed E-state index contributed by atoms with van der Waals surface area (Å²) in [5.41, 5.74) is -1.43. The lowest BCUT2D eigenvalue weighted by atomic mass is 10.7. The van der Waals surface area contributed by atoms with Gasteiger partial charge in [-0.3, -0.25) is 4.55 Å². The van der Waals surface area contributed by atoms with E-state index in [1.807, 2.05) is 0 Å². The third kappa shape index (κ3) is 5.59.